The molecule has 4 N–H and O–H groups in total. The maximum Gasteiger partial charge on any atom is 0.337 e. The maximum atomic E-state index is 11.6. The molecular weight excluding hydrogens is 434 g/mol. The zero-order valence-corrected chi connectivity index (χ0v) is 19.9. The van der Waals surface area contributed by atoms with Gasteiger partial charge in [-0.1, -0.05) is 51.1 Å². The summed E-state index contributed by atoms with van der Waals surface area (Å²) < 4.78 is 25.1. The van der Waals surface area contributed by atoms with Crippen molar-refractivity contribution >= 4 is 39.0 Å². The van der Waals surface area contributed by atoms with Gasteiger partial charge in [-0.25, -0.2) is 13.2 Å². The van der Waals surface area contributed by atoms with Gasteiger partial charge in [0.05, 0.1) is 23.5 Å². The molecule has 0 fully saturated rings. The standard InChI is InChI=1S/C22H29N3O4S2/c1-14(16-8-11-19(25-31(5,28)29)18(12-16)20(26)27)24-21(30)23-13-15-6-9-17(10-7-15)22(2,3)4/h6-12,14,25H,13H2,1-5H3,(H,26,27)(H2,23,24,30). The van der Waals surface area contributed by atoms with E-state index in [0.717, 1.165) is 11.8 Å². The molecule has 168 valence electrons. The van der Waals surface area contributed by atoms with Crippen LogP contribution in [-0.2, 0) is 22.0 Å². The summed E-state index contributed by atoms with van der Waals surface area (Å²) in [5.74, 6) is -1.22. The van der Waals surface area contributed by atoms with Crippen LogP contribution in [0.4, 0.5) is 5.69 Å². The lowest BCUT2D eigenvalue weighted by Crippen LogP contribution is -2.36. The first kappa shape index (κ1) is 24.6. The van der Waals surface area contributed by atoms with Crippen molar-refractivity contribution in [2.75, 3.05) is 11.0 Å². The summed E-state index contributed by atoms with van der Waals surface area (Å²) >= 11 is 5.37. The third-order valence-corrected chi connectivity index (χ3v) is 5.54. The SMILES string of the molecule is CC(NC(=S)NCc1ccc(C(C)(C)C)cc1)c1ccc(NS(C)(=O)=O)c(C(=O)O)c1. The molecule has 31 heavy (non-hydrogen) atoms. The minimum Gasteiger partial charge on any atom is -0.478 e. The number of aromatic carboxylic acids is 1. The number of benzene rings is 2. The van der Waals surface area contributed by atoms with Crippen LogP contribution in [-0.4, -0.2) is 30.9 Å². The zero-order chi connectivity index (χ0) is 23.4. The molecule has 2 aromatic rings. The highest BCUT2D eigenvalue weighted by Crippen LogP contribution is 2.23. The zero-order valence-electron chi connectivity index (χ0n) is 18.3. The van der Waals surface area contributed by atoms with Gasteiger partial charge in [-0.2, -0.15) is 0 Å². The molecule has 1 unspecified atom stereocenters. The van der Waals surface area contributed by atoms with Crippen LogP contribution in [0.15, 0.2) is 42.5 Å². The van der Waals surface area contributed by atoms with Gasteiger partial charge in [0.15, 0.2) is 5.11 Å². The third-order valence-electron chi connectivity index (χ3n) is 4.69. The summed E-state index contributed by atoms with van der Waals surface area (Å²) in [5.41, 5.74) is 3.00. The van der Waals surface area contributed by atoms with Crippen molar-refractivity contribution in [2.24, 2.45) is 0 Å². The van der Waals surface area contributed by atoms with E-state index in [9.17, 15) is 18.3 Å². The number of sulfonamides is 1. The fourth-order valence-corrected chi connectivity index (χ4v) is 3.76. The normalized spacial score (nSPS) is 12.7. The van der Waals surface area contributed by atoms with Gasteiger partial charge in [-0.15, -0.1) is 0 Å². The van der Waals surface area contributed by atoms with E-state index in [1.54, 1.807) is 6.07 Å². The summed E-state index contributed by atoms with van der Waals surface area (Å²) in [6, 6.07) is 12.6. The largest absolute Gasteiger partial charge is 0.478 e. The highest BCUT2D eigenvalue weighted by molar-refractivity contribution is 7.92. The van der Waals surface area contributed by atoms with Gasteiger partial charge in [0.25, 0.3) is 0 Å². The number of hydrogen-bond acceptors (Lipinski definition) is 4. The molecule has 9 heteroatoms. The number of hydrogen-bond donors (Lipinski definition) is 4. The van der Waals surface area contributed by atoms with Crippen molar-refractivity contribution in [3.63, 3.8) is 0 Å². The summed E-state index contributed by atoms with van der Waals surface area (Å²) in [4.78, 5) is 11.6. The Balaban J connectivity index is 2.02. The number of carbonyl (C=O) groups is 1. The highest BCUT2D eigenvalue weighted by atomic mass is 32.2. The molecule has 7 nitrogen and oxygen atoms in total. The van der Waals surface area contributed by atoms with Gasteiger partial charge in [0.1, 0.15) is 0 Å². The van der Waals surface area contributed by atoms with E-state index in [-0.39, 0.29) is 22.7 Å². The van der Waals surface area contributed by atoms with Crippen LogP contribution in [0, 0.1) is 0 Å². The lowest BCUT2D eigenvalue weighted by Gasteiger charge is -2.20. The first-order chi connectivity index (χ1) is 14.3. The average Bonchev–Trinajstić information content (AvgIpc) is 2.64. The monoisotopic (exact) mass is 463 g/mol. The molecule has 0 saturated heterocycles. The van der Waals surface area contributed by atoms with Crippen LogP contribution in [0.25, 0.3) is 0 Å². The second-order valence-corrected chi connectivity index (χ2v) is 10.6. The molecule has 0 aliphatic heterocycles. The number of nitrogens with one attached hydrogen (secondary N) is 3. The topological polar surface area (TPSA) is 108 Å². The summed E-state index contributed by atoms with van der Waals surface area (Å²) in [6.07, 6.45) is 0.970. The van der Waals surface area contributed by atoms with Crippen molar-refractivity contribution in [3.05, 3.63) is 64.7 Å². The Morgan fingerprint density at radius 2 is 1.74 bits per heavy atom. The second kappa shape index (κ2) is 9.65. The molecule has 0 saturated carbocycles. The Morgan fingerprint density at radius 1 is 1.13 bits per heavy atom. The molecule has 0 bridgehead atoms. The van der Waals surface area contributed by atoms with Crippen molar-refractivity contribution in [3.8, 4) is 0 Å². The maximum absolute atomic E-state index is 11.6. The van der Waals surface area contributed by atoms with Crippen LogP contribution in [0.5, 0.6) is 0 Å². The Kier molecular flexibility index (Phi) is 7.67. The van der Waals surface area contributed by atoms with Gasteiger partial charge in [-0.3, -0.25) is 4.72 Å². The molecule has 2 rings (SSSR count). The quantitative estimate of drug-likeness (QED) is 0.463. The molecule has 0 aliphatic rings. The lowest BCUT2D eigenvalue weighted by atomic mass is 9.87. The molecular formula is C22H29N3O4S2. The number of carboxylic acids is 1. The number of carboxylic acid groups (broad SMARTS) is 1. The van der Waals surface area contributed by atoms with E-state index in [1.165, 1.54) is 17.7 Å². The number of anilines is 1. The van der Waals surface area contributed by atoms with Gasteiger partial charge in [0.2, 0.25) is 10.0 Å². The average molecular weight is 464 g/mol. The van der Waals surface area contributed by atoms with Crippen LogP contribution >= 0.6 is 12.2 Å². The molecule has 0 amide bonds. The molecule has 0 aromatic heterocycles. The Morgan fingerprint density at radius 3 is 2.26 bits per heavy atom. The summed E-state index contributed by atoms with van der Waals surface area (Å²) in [5, 5.41) is 16.1. The molecule has 0 radical (unpaired) electrons. The second-order valence-electron chi connectivity index (χ2n) is 8.48. The van der Waals surface area contributed by atoms with Crippen molar-refractivity contribution in [1.29, 1.82) is 0 Å². The van der Waals surface area contributed by atoms with Gasteiger partial charge >= 0.3 is 5.97 Å². The molecule has 2 aromatic carbocycles. The van der Waals surface area contributed by atoms with Crippen LogP contribution < -0.4 is 15.4 Å². The summed E-state index contributed by atoms with van der Waals surface area (Å²) in [7, 11) is -3.59. The molecule has 0 aliphatic carbocycles. The van der Waals surface area contributed by atoms with E-state index < -0.39 is 16.0 Å². The number of rotatable bonds is 7. The van der Waals surface area contributed by atoms with E-state index in [4.69, 9.17) is 12.2 Å². The smallest absolute Gasteiger partial charge is 0.337 e. The Hall–Kier alpha value is -2.65. The van der Waals surface area contributed by atoms with Crippen LogP contribution in [0.2, 0.25) is 0 Å². The minimum atomic E-state index is -3.59. The van der Waals surface area contributed by atoms with Crippen LogP contribution in [0.1, 0.15) is 60.8 Å². The minimum absolute atomic E-state index is 0.0188. The molecule has 0 heterocycles. The first-order valence-electron chi connectivity index (χ1n) is 9.75. The molecule has 1 atom stereocenters. The van der Waals surface area contributed by atoms with E-state index in [1.807, 2.05) is 6.92 Å². The van der Waals surface area contributed by atoms with Crippen molar-refractivity contribution in [2.45, 2.75) is 45.7 Å². The predicted octanol–water partition coefficient (Wildman–Crippen LogP) is 3.78. The molecule has 0 spiro atoms. The number of thiocarbonyl (C=S) groups is 1. The van der Waals surface area contributed by atoms with E-state index in [0.29, 0.717) is 17.2 Å². The first-order valence-corrected chi connectivity index (χ1v) is 12.0. The van der Waals surface area contributed by atoms with Gasteiger partial charge in [-0.05, 0) is 53.4 Å². The highest BCUT2D eigenvalue weighted by Gasteiger charge is 2.17. The fraction of sp³-hybridized carbons (Fsp3) is 0.364. The third kappa shape index (κ3) is 7.52. The van der Waals surface area contributed by atoms with Crippen molar-refractivity contribution in [1.82, 2.24) is 10.6 Å². The lowest BCUT2D eigenvalue weighted by molar-refractivity contribution is 0.0698. The Labute approximate surface area is 189 Å². The van der Waals surface area contributed by atoms with Gasteiger partial charge < -0.3 is 15.7 Å². The fourth-order valence-electron chi connectivity index (χ4n) is 2.93. The van der Waals surface area contributed by atoms with Crippen molar-refractivity contribution < 1.29 is 18.3 Å². The van der Waals surface area contributed by atoms with E-state index >= 15 is 0 Å². The van der Waals surface area contributed by atoms with E-state index in [2.05, 4.69) is 60.4 Å². The summed E-state index contributed by atoms with van der Waals surface area (Å²) in [6.45, 7) is 8.90. The van der Waals surface area contributed by atoms with Crippen LogP contribution in [0.3, 0.4) is 0 Å². The Bertz CT molecular complexity index is 1060. The van der Waals surface area contributed by atoms with Gasteiger partial charge in [0, 0.05) is 6.54 Å². The predicted molar refractivity (Wildman–Crippen MR) is 128 cm³/mol.